The molecule has 0 saturated heterocycles. The Morgan fingerprint density at radius 3 is 2.48 bits per heavy atom. The minimum Gasteiger partial charge on any atom is -0.350 e. The average molecular weight is 280 g/mol. The van der Waals surface area contributed by atoms with E-state index in [-0.39, 0.29) is 0 Å². The molecule has 2 aromatic carbocycles. The van der Waals surface area contributed by atoms with Crippen LogP contribution in [-0.4, -0.2) is 24.2 Å². The van der Waals surface area contributed by atoms with E-state index in [1.165, 1.54) is 5.39 Å². The van der Waals surface area contributed by atoms with Gasteiger partial charge in [-0.2, -0.15) is 0 Å². The molecule has 4 heteroatoms. The summed E-state index contributed by atoms with van der Waals surface area (Å²) in [4.78, 5) is 8.96. The van der Waals surface area contributed by atoms with Gasteiger partial charge >= 0.3 is 0 Å². The third-order valence-corrected chi connectivity index (χ3v) is 3.38. The van der Waals surface area contributed by atoms with Crippen molar-refractivity contribution >= 4 is 10.8 Å². The van der Waals surface area contributed by atoms with E-state index in [9.17, 15) is 0 Å². The Hall–Kier alpha value is -2.30. The summed E-state index contributed by atoms with van der Waals surface area (Å²) in [6, 6.07) is 16.1. The molecule has 0 aliphatic heterocycles. The van der Waals surface area contributed by atoms with E-state index in [2.05, 4.69) is 28.2 Å². The molecule has 0 unspecified atom stereocenters. The van der Waals surface area contributed by atoms with Crippen LogP contribution in [-0.2, 0) is 9.47 Å². The standard InChI is InChI=1S/C17H16N2O2/c1-20-17(21-2)15-10-11-18-16(19-15)14-9-5-7-12-6-3-4-8-13(12)14/h3-11,17H,1-2H3. The number of hydrogen-bond acceptors (Lipinski definition) is 4. The number of fused-ring (bicyclic) bond motifs is 1. The molecular formula is C17H16N2O2. The number of methoxy groups -OCH3 is 2. The smallest absolute Gasteiger partial charge is 0.200 e. The summed E-state index contributed by atoms with van der Waals surface area (Å²) in [5.74, 6) is 0.670. The highest BCUT2D eigenvalue weighted by Crippen LogP contribution is 2.27. The van der Waals surface area contributed by atoms with Crippen molar-refractivity contribution < 1.29 is 9.47 Å². The fraction of sp³-hybridized carbons (Fsp3) is 0.176. The number of ether oxygens (including phenoxy) is 2. The average Bonchev–Trinajstić information content (AvgIpc) is 2.56. The summed E-state index contributed by atoms with van der Waals surface area (Å²) in [5, 5.41) is 2.29. The Bertz CT molecular complexity index is 749. The fourth-order valence-corrected chi connectivity index (χ4v) is 2.39. The minimum atomic E-state index is -0.485. The monoisotopic (exact) mass is 280 g/mol. The van der Waals surface area contributed by atoms with E-state index in [0.717, 1.165) is 10.9 Å². The van der Waals surface area contributed by atoms with Gasteiger partial charge in [-0.1, -0.05) is 42.5 Å². The second-order valence-corrected chi connectivity index (χ2v) is 4.64. The summed E-state index contributed by atoms with van der Waals surface area (Å²) in [7, 11) is 3.18. The fourth-order valence-electron chi connectivity index (χ4n) is 2.39. The summed E-state index contributed by atoms with van der Waals surface area (Å²) < 4.78 is 10.5. The Balaban J connectivity index is 2.13. The lowest BCUT2D eigenvalue weighted by Crippen LogP contribution is -2.07. The van der Waals surface area contributed by atoms with Gasteiger partial charge in [-0.3, -0.25) is 0 Å². The summed E-state index contributed by atoms with van der Waals surface area (Å²) in [6.45, 7) is 0. The van der Waals surface area contributed by atoms with Crippen molar-refractivity contribution in [3.8, 4) is 11.4 Å². The SMILES string of the molecule is COC(OC)c1ccnc(-c2cccc3ccccc23)n1. The molecule has 0 N–H and O–H groups in total. The van der Waals surface area contributed by atoms with E-state index in [0.29, 0.717) is 11.5 Å². The molecule has 1 heterocycles. The van der Waals surface area contributed by atoms with Gasteiger partial charge in [-0.25, -0.2) is 9.97 Å². The maximum atomic E-state index is 5.25. The number of nitrogens with zero attached hydrogens (tertiary/aromatic N) is 2. The zero-order valence-electron chi connectivity index (χ0n) is 12.0. The van der Waals surface area contributed by atoms with E-state index in [4.69, 9.17) is 9.47 Å². The molecule has 0 aliphatic rings. The maximum absolute atomic E-state index is 5.25. The van der Waals surface area contributed by atoms with Crippen LogP contribution in [0.4, 0.5) is 0 Å². The van der Waals surface area contributed by atoms with Crippen molar-refractivity contribution in [1.82, 2.24) is 9.97 Å². The van der Waals surface area contributed by atoms with Crippen molar-refractivity contribution in [3.05, 3.63) is 60.4 Å². The van der Waals surface area contributed by atoms with Crippen molar-refractivity contribution in [2.45, 2.75) is 6.29 Å². The Labute approximate surface area is 123 Å². The van der Waals surface area contributed by atoms with Crippen LogP contribution in [0.1, 0.15) is 12.0 Å². The van der Waals surface area contributed by atoms with Crippen molar-refractivity contribution in [2.75, 3.05) is 14.2 Å². The molecule has 4 nitrogen and oxygen atoms in total. The normalized spacial score (nSPS) is 11.2. The molecular weight excluding hydrogens is 264 g/mol. The first-order chi connectivity index (χ1) is 10.3. The summed E-state index contributed by atoms with van der Waals surface area (Å²) >= 11 is 0. The third kappa shape index (κ3) is 2.63. The topological polar surface area (TPSA) is 44.2 Å². The van der Waals surface area contributed by atoms with Gasteiger partial charge in [0.25, 0.3) is 0 Å². The molecule has 106 valence electrons. The van der Waals surface area contributed by atoms with Crippen LogP contribution in [0.2, 0.25) is 0 Å². The molecule has 0 radical (unpaired) electrons. The molecule has 0 aliphatic carbocycles. The van der Waals surface area contributed by atoms with Crippen LogP contribution in [0.3, 0.4) is 0 Å². The van der Waals surface area contributed by atoms with Crippen LogP contribution >= 0.6 is 0 Å². The van der Waals surface area contributed by atoms with Gasteiger partial charge in [-0.05, 0) is 16.8 Å². The molecule has 0 atom stereocenters. The van der Waals surface area contributed by atoms with Crippen molar-refractivity contribution in [3.63, 3.8) is 0 Å². The Morgan fingerprint density at radius 2 is 1.67 bits per heavy atom. The molecule has 0 amide bonds. The van der Waals surface area contributed by atoms with E-state index in [1.54, 1.807) is 26.5 Å². The second-order valence-electron chi connectivity index (χ2n) is 4.64. The zero-order valence-corrected chi connectivity index (χ0v) is 12.0. The molecule has 21 heavy (non-hydrogen) atoms. The number of aromatic nitrogens is 2. The molecule has 0 bridgehead atoms. The van der Waals surface area contributed by atoms with Crippen LogP contribution in [0.25, 0.3) is 22.2 Å². The zero-order chi connectivity index (χ0) is 14.7. The predicted molar refractivity (Wildman–Crippen MR) is 81.7 cm³/mol. The number of rotatable bonds is 4. The molecule has 3 rings (SSSR count). The first kappa shape index (κ1) is 13.7. The van der Waals surface area contributed by atoms with Gasteiger partial charge in [0.05, 0.1) is 0 Å². The van der Waals surface area contributed by atoms with E-state index in [1.807, 2.05) is 24.3 Å². The van der Waals surface area contributed by atoms with Gasteiger partial charge in [0, 0.05) is 26.0 Å². The van der Waals surface area contributed by atoms with E-state index >= 15 is 0 Å². The van der Waals surface area contributed by atoms with Gasteiger partial charge in [0.1, 0.15) is 5.69 Å². The van der Waals surface area contributed by atoms with Gasteiger partial charge < -0.3 is 9.47 Å². The molecule has 0 saturated carbocycles. The first-order valence-electron chi connectivity index (χ1n) is 6.70. The maximum Gasteiger partial charge on any atom is 0.200 e. The molecule has 0 spiro atoms. The van der Waals surface area contributed by atoms with Crippen LogP contribution in [0.5, 0.6) is 0 Å². The van der Waals surface area contributed by atoms with Crippen molar-refractivity contribution in [1.29, 1.82) is 0 Å². The lowest BCUT2D eigenvalue weighted by atomic mass is 10.0. The second kappa shape index (κ2) is 5.99. The van der Waals surface area contributed by atoms with Gasteiger partial charge in [-0.15, -0.1) is 0 Å². The van der Waals surface area contributed by atoms with Gasteiger partial charge in [0.2, 0.25) is 6.29 Å². The largest absolute Gasteiger partial charge is 0.350 e. The quantitative estimate of drug-likeness (QED) is 0.685. The lowest BCUT2D eigenvalue weighted by Gasteiger charge is -2.13. The van der Waals surface area contributed by atoms with Crippen LogP contribution < -0.4 is 0 Å². The number of hydrogen-bond donors (Lipinski definition) is 0. The number of benzene rings is 2. The third-order valence-electron chi connectivity index (χ3n) is 3.38. The molecule has 1 aromatic heterocycles. The van der Waals surface area contributed by atoms with Crippen LogP contribution in [0.15, 0.2) is 54.7 Å². The summed E-state index contributed by atoms with van der Waals surface area (Å²) in [5.41, 5.74) is 1.71. The van der Waals surface area contributed by atoms with Crippen molar-refractivity contribution in [2.24, 2.45) is 0 Å². The van der Waals surface area contributed by atoms with Gasteiger partial charge in [0.15, 0.2) is 5.82 Å². The summed E-state index contributed by atoms with van der Waals surface area (Å²) in [6.07, 6.45) is 1.24. The predicted octanol–water partition coefficient (Wildman–Crippen LogP) is 3.59. The highest BCUT2D eigenvalue weighted by atomic mass is 16.7. The Morgan fingerprint density at radius 1 is 0.905 bits per heavy atom. The first-order valence-corrected chi connectivity index (χ1v) is 6.70. The highest BCUT2D eigenvalue weighted by Gasteiger charge is 2.13. The minimum absolute atomic E-state index is 0.485. The van der Waals surface area contributed by atoms with E-state index < -0.39 is 6.29 Å². The Kier molecular flexibility index (Phi) is 3.90. The highest BCUT2D eigenvalue weighted by molar-refractivity contribution is 5.94. The lowest BCUT2D eigenvalue weighted by molar-refractivity contribution is -0.108. The van der Waals surface area contributed by atoms with Crippen LogP contribution in [0, 0.1) is 0 Å². The molecule has 3 aromatic rings. The molecule has 0 fully saturated rings.